The molecule has 2 aromatic carbocycles. The van der Waals surface area contributed by atoms with Crippen molar-refractivity contribution in [1.29, 1.82) is 0 Å². The first-order chi connectivity index (χ1) is 17.3. The van der Waals surface area contributed by atoms with E-state index >= 15 is 0 Å². The summed E-state index contributed by atoms with van der Waals surface area (Å²) in [6, 6.07) is 6.59. The molecule has 0 aromatic heterocycles. The highest BCUT2D eigenvalue weighted by Gasteiger charge is 2.29. The summed E-state index contributed by atoms with van der Waals surface area (Å²) in [4.78, 5) is 30.2. The first kappa shape index (κ1) is 25.8. The molecule has 0 atom stereocenters. The number of hydrogen-bond donors (Lipinski definition) is 0. The number of likely N-dealkylation sites (tertiary alicyclic amines) is 2. The van der Waals surface area contributed by atoms with Gasteiger partial charge in [-0.15, -0.1) is 0 Å². The molecule has 0 aliphatic carbocycles. The van der Waals surface area contributed by atoms with E-state index in [1.165, 1.54) is 42.0 Å². The summed E-state index contributed by atoms with van der Waals surface area (Å²) >= 11 is 0. The van der Waals surface area contributed by atoms with E-state index in [-0.39, 0.29) is 53.5 Å². The minimum absolute atomic E-state index is 0.0196. The van der Waals surface area contributed by atoms with Crippen molar-refractivity contribution in [2.75, 3.05) is 32.7 Å². The van der Waals surface area contributed by atoms with Crippen molar-refractivity contribution in [3.63, 3.8) is 0 Å². The molecule has 2 heterocycles. The molecule has 0 saturated carbocycles. The fraction of sp³-hybridized carbons (Fsp3) is 0.357. The van der Waals surface area contributed by atoms with E-state index in [9.17, 15) is 27.2 Å². The minimum atomic E-state index is -1.05. The van der Waals surface area contributed by atoms with Gasteiger partial charge in [0.2, 0.25) is 5.91 Å². The van der Waals surface area contributed by atoms with Crippen LogP contribution in [0.1, 0.15) is 43.2 Å². The second-order valence-electron chi connectivity index (χ2n) is 9.27. The quantitative estimate of drug-likeness (QED) is 0.409. The number of piperidine rings is 1. The highest BCUT2D eigenvalue weighted by atomic mass is 19.2. The number of carbonyl (C=O) groups is 2. The van der Waals surface area contributed by atoms with Crippen LogP contribution in [0.3, 0.4) is 0 Å². The van der Waals surface area contributed by atoms with Crippen molar-refractivity contribution in [3.05, 3.63) is 81.9 Å². The number of ketones is 1. The van der Waals surface area contributed by atoms with Crippen LogP contribution in [0, 0.1) is 23.3 Å². The van der Waals surface area contributed by atoms with Crippen LogP contribution in [-0.2, 0) is 9.59 Å². The first-order valence-electron chi connectivity index (χ1n) is 12.2. The average Bonchev–Trinajstić information content (AvgIpc) is 3.13. The molecule has 2 aliphatic rings. The van der Waals surface area contributed by atoms with Gasteiger partial charge in [-0.1, -0.05) is 25.0 Å². The normalized spacial score (nSPS) is 19.7. The summed E-state index contributed by atoms with van der Waals surface area (Å²) in [5, 5.41) is 0. The lowest BCUT2D eigenvalue weighted by Gasteiger charge is -2.31. The number of halogens is 4. The van der Waals surface area contributed by atoms with Crippen LogP contribution in [0.25, 0.3) is 12.2 Å². The smallest absolute Gasteiger partial charge is 0.224 e. The Morgan fingerprint density at radius 3 is 1.72 bits per heavy atom. The number of Topliss-reactive ketones (excluding diaryl/α,β-unsaturated/α-hetero) is 1. The summed E-state index contributed by atoms with van der Waals surface area (Å²) in [7, 11) is 0. The van der Waals surface area contributed by atoms with Gasteiger partial charge in [-0.3, -0.25) is 9.59 Å². The van der Waals surface area contributed by atoms with Gasteiger partial charge in [-0.05, 0) is 73.5 Å². The van der Waals surface area contributed by atoms with E-state index in [1.807, 2.05) is 0 Å². The molecule has 1 amide bonds. The number of nitrogens with zero attached hydrogens (tertiary/aromatic N) is 2. The Morgan fingerprint density at radius 1 is 0.750 bits per heavy atom. The predicted octanol–water partition coefficient (Wildman–Crippen LogP) is 5.39. The number of carbonyl (C=O) groups excluding carboxylic acids is 2. The molecule has 2 saturated heterocycles. The summed E-state index contributed by atoms with van der Waals surface area (Å²) < 4.78 is 54.2. The van der Waals surface area contributed by atoms with E-state index < -0.39 is 23.3 Å². The Morgan fingerprint density at radius 2 is 1.25 bits per heavy atom. The Labute approximate surface area is 207 Å². The minimum Gasteiger partial charge on any atom is -0.334 e. The van der Waals surface area contributed by atoms with Gasteiger partial charge in [-0.25, -0.2) is 17.6 Å². The summed E-state index contributed by atoms with van der Waals surface area (Å²) in [5.41, 5.74) is 1.01. The molecule has 0 radical (unpaired) electrons. The third-order valence-corrected chi connectivity index (χ3v) is 6.57. The van der Waals surface area contributed by atoms with E-state index in [4.69, 9.17) is 0 Å². The van der Waals surface area contributed by atoms with Crippen molar-refractivity contribution in [1.82, 2.24) is 9.80 Å². The lowest BCUT2D eigenvalue weighted by Crippen LogP contribution is -2.42. The van der Waals surface area contributed by atoms with Crippen molar-refractivity contribution in [3.8, 4) is 0 Å². The Hall–Kier alpha value is -3.26. The maximum atomic E-state index is 13.7. The number of benzene rings is 2. The average molecular weight is 501 g/mol. The maximum absolute atomic E-state index is 13.7. The third kappa shape index (κ3) is 6.49. The zero-order chi connectivity index (χ0) is 25.7. The second kappa shape index (κ2) is 11.6. The second-order valence-corrected chi connectivity index (χ2v) is 9.27. The lowest BCUT2D eigenvalue weighted by molar-refractivity contribution is -0.131. The van der Waals surface area contributed by atoms with Gasteiger partial charge in [0.25, 0.3) is 0 Å². The molecule has 0 spiro atoms. The number of rotatable bonds is 5. The fourth-order valence-corrected chi connectivity index (χ4v) is 4.59. The van der Waals surface area contributed by atoms with Gasteiger partial charge in [0, 0.05) is 37.2 Å². The van der Waals surface area contributed by atoms with Gasteiger partial charge >= 0.3 is 0 Å². The molecule has 0 bridgehead atoms. The van der Waals surface area contributed by atoms with Crippen LogP contribution in [-0.4, -0.2) is 54.2 Å². The van der Waals surface area contributed by atoms with Crippen LogP contribution in [0.15, 0.2) is 47.5 Å². The molecule has 0 unspecified atom stereocenters. The molecule has 0 N–H and O–H groups in total. The molecule has 8 heteroatoms. The zero-order valence-corrected chi connectivity index (χ0v) is 19.9. The SMILES string of the molecule is O=C1/C(=C/c2ccc(F)c(F)c2)CN(C(=O)CCN2CCCCCC2)C/C1=C\c1ccc(F)c(F)c1. The Kier molecular flexibility index (Phi) is 8.36. The van der Waals surface area contributed by atoms with Gasteiger partial charge < -0.3 is 9.80 Å². The predicted molar refractivity (Wildman–Crippen MR) is 130 cm³/mol. The lowest BCUT2D eigenvalue weighted by atomic mass is 9.94. The molecule has 2 aromatic rings. The molecular formula is C28H28F4N2O2. The van der Waals surface area contributed by atoms with Gasteiger partial charge in [0.1, 0.15) is 0 Å². The Balaban J connectivity index is 1.59. The maximum Gasteiger partial charge on any atom is 0.224 e. The van der Waals surface area contributed by atoms with Crippen LogP contribution in [0.5, 0.6) is 0 Å². The molecule has 36 heavy (non-hydrogen) atoms. The number of amides is 1. The van der Waals surface area contributed by atoms with Crippen LogP contribution in [0.2, 0.25) is 0 Å². The van der Waals surface area contributed by atoms with Crippen molar-refractivity contribution >= 4 is 23.8 Å². The van der Waals surface area contributed by atoms with Crippen molar-refractivity contribution in [2.45, 2.75) is 32.1 Å². The van der Waals surface area contributed by atoms with E-state index in [1.54, 1.807) is 0 Å². The van der Waals surface area contributed by atoms with E-state index in [0.29, 0.717) is 6.54 Å². The standard InChI is InChI=1S/C28H28F4N2O2/c29-23-7-5-19(15-25(23)31)13-21-17-34(27(35)9-12-33-10-3-1-2-4-11-33)18-22(28(21)36)14-20-6-8-24(30)26(32)16-20/h5-8,13-16H,1-4,9-12,17-18H2/b21-13+,22-14+. The molecule has 2 aliphatic heterocycles. The molecule has 190 valence electrons. The van der Waals surface area contributed by atoms with Gasteiger partial charge in [0.05, 0.1) is 0 Å². The topological polar surface area (TPSA) is 40.6 Å². The summed E-state index contributed by atoms with van der Waals surface area (Å²) in [6.07, 6.45) is 7.73. The molecule has 4 nitrogen and oxygen atoms in total. The molecular weight excluding hydrogens is 472 g/mol. The zero-order valence-electron chi connectivity index (χ0n) is 19.9. The van der Waals surface area contributed by atoms with Crippen molar-refractivity contribution < 1.29 is 27.2 Å². The number of hydrogen-bond acceptors (Lipinski definition) is 3. The molecule has 2 fully saturated rings. The Bertz CT molecular complexity index is 1130. The van der Waals surface area contributed by atoms with Crippen LogP contribution >= 0.6 is 0 Å². The van der Waals surface area contributed by atoms with Crippen LogP contribution < -0.4 is 0 Å². The fourth-order valence-electron chi connectivity index (χ4n) is 4.59. The van der Waals surface area contributed by atoms with Gasteiger partial charge in [0.15, 0.2) is 29.1 Å². The highest BCUT2D eigenvalue weighted by molar-refractivity contribution is 6.15. The largest absolute Gasteiger partial charge is 0.334 e. The monoisotopic (exact) mass is 500 g/mol. The van der Waals surface area contributed by atoms with Gasteiger partial charge in [-0.2, -0.15) is 0 Å². The first-order valence-corrected chi connectivity index (χ1v) is 12.2. The third-order valence-electron chi connectivity index (χ3n) is 6.57. The highest BCUT2D eigenvalue weighted by Crippen LogP contribution is 2.24. The molecule has 4 rings (SSSR count). The van der Waals surface area contributed by atoms with E-state index in [0.717, 1.165) is 50.2 Å². The van der Waals surface area contributed by atoms with Crippen LogP contribution in [0.4, 0.5) is 17.6 Å². The van der Waals surface area contributed by atoms with Crippen molar-refractivity contribution in [2.24, 2.45) is 0 Å². The summed E-state index contributed by atoms with van der Waals surface area (Å²) in [5.74, 6) is -4.63. The van der Waals surface area contributed by atoms with E-state index in [2.05, 4.69) is 4.90 Å². The summed E-state index contributed by atoms with van der Waals surface area (Å²) in [6.45, 7) is 2.56.